The van der Waals surface area contributed by atoms with Gasteiger partial charge < -0.3 is 35.1 Å². The Labute approximate surface area is 309 Å². The van der Waals surface area contributed by atoms with Gasteiger partial charge in [-0.1, -0.05) is 61.4 Å². The summed E-state index contributed by atoms with van der Waals surface area (Å²) >= 11 is 12.9. The van der Waals surface area contributed by atoms with E-state index in [1.807, 2.05) is 24.3 Å². The number of benzene rings is 2. The number of esters is 1. The highest BCUT2D eigenvalue weighted by Gasteiger charge is 2.40. The summed E-state index contributed by atoms with van der Waals surface area (Å²) in [6.45, 7) is 5.57. The van der Waals surface area contributed by atoms with Crippen LogP contribution in [0, 0.1) is 12.8 Å². The lowest BCUT2D eigenvalue weighted by Gasteiger charge is -2.40. The van der Waals surface area contributed by atoms with Crippen molar-refractivity contribution >= 4 is 40.7 Å². The van der Waals surface area contributed by atoms with E-state index in [1.165, 1.54) is 19.4 Å². The number of rotatable bonds is 20. The van der Waals surface area contributed by atoms with Crippen LogP contribution in [0.2, 0.25) is 5.02 Å². The molecular formula is C39H47Cl2N3O7. The molecule has 1 aliphatic carbocycles. The Morgan fingerprint density at radius 1 is 1.10 bits per heavy atom. The van der Waals surface area contributed by atoms with E-state index in [9.17, 15) is 14.7 Å². The fraction of sp³-hybridized carbons (Fsp3) is 0.410. The van der Waals surface area contributed by atoms with E-state index >= 15 is 0 Å². The Morgan fingerprint density at radius 2 is 1.90 bits per heavy atom. The normalized spacial score (nSPS) is 17.5. The van der Waals surface area contributed by atoms with Gasteiger partial charge in [-0.05, 0) is 67.6 Å². The van der Waals surface area contributed by atoms with Crippen LogP contribution >= 0.6 is 23.2 Å². The van der Waals surface area contributed by atoms with Crippen LogP contribution < -0.4 is 20.5 Å². The van der Waals surface area contributed by atoms with Gasteiger partial charge in [0.2, 0.25) is 0 Å². The van der Waals surface area contributed by atoms with E-state index in [2.05, 4.69) is 42.4 Å². The Kier molecular flexibility index (Phi) is 15.3. The number of hydrogen-bond donors (Lipinski definition) is 3. The number of aromatic carboxylic acids is 1. The maximum atomic E-state index is 12.6. The SMILES string of the molecule is COC(=O)C(CCCCN)NCc1cc(Cl)c(OCC2(OCCCCl)C=CC=C(c3ccccc3C)[C@@H]2C)cc1OCc1cncc(C(=O)O)c1. The first-order valence-corrected chi connectivity index (χ1v) is 18.0. The molecule has 0 amide bonds. The molecule has 10 nitrogen and oxygen atoms in total. The smallest absolute Gasteiger partial charge is 0.337 e. The number of hydrogen-bond acceptors (Lipinski definition) is 9. The lowest BCUT2D eigenvalue weighted by Crippen LogP contribution is -2.45. The Bertz CT molecular complexity index is 1700. The Hall–Kier alpha value is -3.93. The second kappa shape index (κ2) is 19.6. The Morgan fingerprint density at radius 3 is 2.63 bits per heavy atom. The summed E-state index contributed by atoms with van der Waals surface area (Å²) < 4.78 is 24.4. The number of allylic oxidation sites excluding steroid dienone is 2. The number of nitrogens with two attached hydrogens (primary N) is 1. The van der Waals surface area contributed by atoms with Crippen LogP contribution in [0.5, 0.6) is 11.5 Å². The van der Waals surface area contributed by atoms with E-state index in [0.29, 0.717) is 59.5 Å². The number of pyridine rings is 1. The van der Waals surface area contributed by atoms with E-state index in [0.717, 1.165) is 29.5 Å². The second-order valence-corrected chi connectivity index (χ2v) is 13.2. The monoisotopic (exact) mass is 739 g/mol. The molecular weight excluding hydrogens is 693 g/mol. The number of aromatic nitrogens is 1. The van der Waals surface area contributed by atoms with E-state index < -0.39 is 17.6 Å². The fourth-order valence-electron chi connectivity index (χ4n) is 5.96. The summed E-state index contributed by atoms with van der Waals surface area (Å²) in [4.78, 5) is 28.2. The molecule has 3 aromatic rings. The third-order valence-corrected chi connectivity index (χ3v) is 9.50. The molecule has 0 spiro atoms. The summed E-state index contributed by atoms with van der Waals surface area (Å²) in [6, 6.07) is 12.6. The highest BCUT2D eigenvalue weighted by molar-refractivity contribution is 6.32. The van der Waals surface area contributed by atoms with E-state index in [1.54, 1.807) is 18.3 Å². The first-order valence-electron chi connectivity index (χ1n) is 17.0. The molecule has 2 unspecified atom stereocenters. The third kappa shape index (κ3) is 10.8. The lowest BCUT2D eigenvalue weighted by atomic mass is 9.76. The number of nitrogens with zero attached hydrogens (tertiary/aromatic N) is 1. The van der Waals surface area contributed by atoms with Crippen molar-refractivity contribution in [3.8, 4) is 11.5 Å². The molecule has 0 bridgehead atoms. The molecule has 0 saturated carbocycles. The first kappa shape index (κ1) is 39.8. The number of aryl methyl sites for hydroxylation is 1. The number of carboxylic acids is 1. The number of methoxy groups -OCH3 is 1. The predicted octanol–water partition coefficient (Wildman–Crippen LogP) is 7.13. The van der Waals surface area contributed by atoms with Gasteiger partial charge in [0.25, 0.3) is 0 Å². The van der Waals surface area contributed by atoms with Gasteiger partial charge in [0.15, 0.2) is 0 Å². The molecule has 0 fully saturated rings. The van der Waals surface area contributed by atoms with Crippen molar-refractivity contribution in [2.45, 2.75) is 64.3 Å². The number of carbonyl (C=O) groups excluding carboxylic acids is 1. The number of nitrogens with one attached hydrogen (secondary N) is 1. The van der Waals surface area contributed by atoms with Crippen molar-refractivity contribution in [1.29, 1.82) is 0 Å². The largest absolute Gasteiger partial charge is 0.489 e. The van der Waals surface area contributed by atoms with Crippen LogP contribution in [0.3, 0.4) is 0 Å². The molecule has 1 heterocycles. The molecule has 274 valence electrons. The van der Waals surface area contributed by atoms with Crippen LogP contribution in [-0.4, -0.2) is 66.4 Å². The van der Waals surface area contributed by atoms with Crippen molar-refractivity contribution < 1.29 is 33.6 Å². The zero-order valence-electron chi connectivity index (χ0n) is 29.3. The molecule has 1 aromatic heterocycles. The topological polar surface area (TPSA) is 142 Å². The minimum absolute atomic E-state index is 0.0228. The van der Waals surface area contributed by atoms with Gasteiger partial charge in [0.1, 0.15) is 36.4 Å². The second-order valence-electron chi connectivity index (χ2n) is 12.5. The number of ether oxygens (including phenoxy) is 4. The number of carbonyl (C=O) groups is 2. The standard InChI is InChI=1S/C39H47Cl2N3O7/c1-26-10-4-5-11-31(26)32-12-8-14-39(27(32)2,51-17-9-15-40)25-50-36-20-35(49-24-28-18-30(37(45)46)22-43-21-28)29(19-33(36)41)23-44-34(38(47)48-3)13-6-7-16-42/h4-5,8,10-12,14,18-22,27,34,44H,6-7,9,13,15-17,23-25,42H2,1-3H3,(H,45,46)/t27-,34?,39?/m0/s1. The van der Waals surface area contributed by atoms with Crippen molar-refractivity contribution in [2.75, 3.05) is 32.7 Å². The van der Waals surface area contributed by atoms with Crippen molar-refractivity contribution in [3.05, 3.63) is 106 Å². The summed E-state index contributed by atoms with van der Waals surface area (Å²) in [5, 5.41) is 13.1. The maximum absolute atomic E-state index is 12.6. The Balaban J connectivity index is 1.64. The zero-order chi connectivity index (χ0) is 36.8. The van der Waals surface area contributed by atoms with Crippen LogP contribution in [-0.2, 0) is 27.4 Å². The van der Waals surface area contributed by atoms with Gasteiger partial charge in [0, 0.05) is 54.5 Å². The van der Waals surface area contributed by atoms with Gasteiger partial charge in [-0.15, -0.1) is 11.6 Å². The number of carboxylic acid groups (broad SMARTS) is 1. The highest BCUT2D eigenvalue weighted by atomic mass is 35.5. The minimum Gasteiger partial charge on any atom is -0.489 e. The van der Waals surface area contributed by atoms with E-state index in [-0.39, 0.29) is 37.2 Å². The van der Waals surface area contributed by atoms with Gasteiger partial charge in [-0.2, -0.15) is 0 Å². The summed E-state index contributed by atoms with van der Waals surface area (Å²) in [7, 11) is 1.35. The van der Waals surface area contributed by atoms with Gasteiger partial charge >= 0.3 is 11.9 Å². The molecule has 3 atom stereocenters. The van der Waals surface area contributed by atoms with Crippen molar-refractivity contribution in [2.24, 2.45) is 11.7 Å². The molecule has 0 radical (unpaired) electrons. The average Bonchev–Trinajstić information content (AvgIpc) is 3.13. The summed E-state index contributed by atoms with van der Waals surface area (Å²) in [5.74, 6) is -0.294. The van der Waals surface area contributed by atoms with Crippen LogP contribution in [0.25, 0.3) is 5.57 Å². The quantitative estimate of drug-likeness (QED) is 0.0622. The molecule has 12 heteroatoms. The molecule has 2 aromatic carbocycles. The number of unbranched alkanes of at least 4 members (excludes halogenated alkanes) is 1. The highest BCUT2D eigenvalue weighted by Crippen LogP contribution is 2.41. The molecule has 0 aliphatic heterocycles. The van der Waals surface area contributed by atoms with Crippen molar-refractivity contribution in [3.63, 3.8) is 0 Å². The molecule has 0 saturated heterocycles. The average molecular weight is 741 g/mol. The predicted molar refractivity (Wildman–Crippen MR) is 200 cm³/mol. The molecule has 4 rings (SSSR count). The van der Waals surface area contributed by atoms with Gasteiger partial charge in [-0.25, -0.2) is 4.79 Å². The molecule has 1 aliphatic rings. The number of alkyl halides is 1. The summed E-state index contributed by atoms with van der Waals surface area (Å²) in [5.41, 5.74) is 9.53. The minimum atomic E-state index is -1.09. The third-order valence-electron chi connectivity index (χ3n) is 8.93. The summed E-state index contributed by atoms with van der Waals surface area (Å²) in [6.07, 6.45) is 11.7. The molecule has 51 heavy (non-hydrogen) atoms. The van der Waals surface area contributed by atoms with E-state index in [4.69, 9.17) is 47.9 Å². The maximum Gasteiger partial charge on any atom is 0.337 e. The lowest BCUT2D eigenvalue weighted by molar-refractivity contribution is -0.143. The zero-order valence-corrected chi connectivity index (χ0v) is 30.8. The van der Waals surface area contributed by atoms with Crippen LogP contribution in [0.4, 0.5) is 0 Å². The first-order chi connectivity index (χ1) is 24.6. The van der Waals surface area contributed by atoms with Crippen LogP contribution in [0.1, 0.15) is 65.2 Å². The fourth-order valence-corrected chi connectivity index (χ4v) is 6.31. The number of halogens is 2. The van der Waals surface area contributed by atoms with Crippen LogP contribution in [0.15, 0.2) is 73.1 Å². The van der Waals surface area contributed by atoms with Gasteiger partial charge in [-0.3, -0.25) is 9.78 Å². The van der Waals surface area contributed by atoms with Crippen molar-refractivity contribution in [1.82, 2.24) is 10.3 Å². The van der Waals surface area contributed by atoms with Gasteiger partial charge in [0.05, 0.1) is 17.7 Å². The molecule has 4 N–H and O–H groups in total.